The molecule has 220 valence electrons. The number of anilines is 2. The molecule has 0 spiro atoms. The third-order valence-electron chi connectivity index (χ3n) is 9.24. The average molecular weight is 634 g/mol. The van der Waals surface area contributed by atoms with Gasteiger partial charge in [-0.3, -0.25) is 14.6 Å². The number of piperazine rings is 1. The van der Waals surface area contributed by atoms with Gasteiger partial charge in [0.05, 0.1) is 21.4 Å². The number of hydrogen-bond donors (Lipinski definition) is 1. The second kappa shape index (κ2) is 11.7. The molecule has 0 aromatic heterocycles. The topological polar surface area (TPSA) is 55.9 Å². The zero-order valence-corrected chi connectivity index (χ0v) is 25.7. The number of para-hydroxylation sites is 1. The van der Waals surface area contributed by atoms with Crippen molar-refractivity contribution in [2.45, 2.75) is 25.4 Å². The first-order valence-corrected chi connectivity index (χ1v) is 15.8. The minimum Gasteiger partial charge on any atom is -0.336 e. The van der Waals surface area contributed by atoms with Gasteiger partial charge in [0.15, 0.2) is 0 Å². The van der Waals surface area contributed by atoms with E-state index in [4.69, 9.17) is 34.8 Å². The van der Waals surface area contributed by atoms with E-state index in [0.29, 0.717) is 63.0 Å². The molecule has 2 heterocycles. The maximum atomic E-state index is 14.1. The van der Waals surface area contributed by atoms with Gasteiger partial charge in [-0.25, -0.2) is 4.79 Å². The van der Waals surface area contributed by atoms with Crippen molar-refractivity contribution in [3.05, 3.63) is 105 Å². The van der Waals surface area contributed by atoms with Crippen molar-refractivity contribution in [1.82, 2.24) is 15.1 Å². The molecule has 3 aromatic carbocycles. The third-order valence-corrected chi connectivity index (χ3v) is 10.2. The quantitative estimate of drug-likeness (QED) is 0.317. The van der Waals surface area contributed by atoms with Gasteiger partial charge in [-0.2, -0.15) is 0 Å². The summed E-state index contributed by atoms with van der Waals surface area (Å²) < 4.78 is 0. The van der Waals surface area contributed by atoms with E-state index in [9.17, 15) is 9.59 Å². The minimum absolute atomic E-state index is 0.0714. The summed E-state index contributed by atoms with van der Waals surface area (Å²) in [6.07, 6.45) is 11.4. The molecule has 1 saturated heterocycles. The van der Waals surface area contributed by atoms with Gasteiger partial charge in [0.2, 0.25) is 0 Å². The molecule has 6 nitrogen and oxygen atoms in total. The summed E-state index contributed by atoms with van der Waals surface area (Å²) in [5.74, 6) is 1.18. The monoisotopic (exact) mass is 632 g/mol. The van der Waals surface area contributed by atoms with Crippen LogP contribution in [-0.4, -0.2) is 54.0 Å². The molecule has 4 aliphatic rings. The van der Waals surface area contributed by atoms with Gasteiger partial charge in [-0.15, -0.1) is 0 Å². The third kappa shape index (κ3) is 5.25. The van der Waals surface area contributed by atoms with Crippen LogP contribution in [0.5, 0.6) is 0 Å². The first-order chi connectivity index (χ1) is 20.9. The highest BCUT2D eigenvalue weighted by molar-refractivity contribution is 6.40. The van der Waals surface area contributed by atoms with Crippen LogP contribution in [0.1, 0.15) is 28.8 Å². The minimum atomic E-state index is -0.368. The number of nitrogens with one attached hydrogen (secondary N) is 1. The van der Waals surface area contributed by atoms with Gasteiger partial charge in [0, 0.05) is 60.5 Å². The number of hydrogen-bond acceptors (Lipinski definition) is 3. The predicted octanol–water partition coefficient (Wildman–Crippen LogP) is 7.95. The molecule has 1 N–H and O–H groups in total. The number of carbonyl (C=O) groups excluding carboxylic acids is 2. The maximum absolute atomic E-state index is 14.1. The molecule has 0 radical (unpaired) electrons. The predicted molar refractivity (Wildman–Crippen MR) is 173 cm³/mol. The van der Waals surface area contributed by atoms with E-state index in [2.05, 4.69) is 34.5 Å². The summed E-state index contributed by atoms with van der Waals surface area (Å²) in [7, 11) is 0. The molecule has 9 heteroatoms. The first-order valence-electron chi connectivity index (χ1n) is 14.7. The van der Waals surface area contributed by atoms with E-state index < -0.39 is 0 Å². The summed E-state index contributed by atoms with van der Waals surface area (Å²) in [4.78, 5) is 33.5. The Morgan fingerprint density at radius 3 is 2.12 bits per heavy atom. The van der Waals surface area contributed by atoms with Crippen LogP contribution >= 0.6 is 34.8 Å². The van der Waals surface area contributed by atoms with Crippen LogP contribution in [0, 0.1) is 11.8 Å². The molecular weight excluding hydrogens is 603 g/mol. The highest BCUT2D eigenvalue weighted by atomic mass is 35.5. The van der Waals surface area contributed by atoms with E-state index >= 15 is 0 Å². The second-order valence-electron chi connectivity index (χ2n) is 11.6. The summed E-state index contributed by atoms with van der Waals surface area (Å²) in [5, 5.41) is 4.18. The number of nitrogens with zero attached hydrogens (tertiary/aromatic N) is 3. The Labute approximate surface area is 266 Å². The molecule has 2 fully saturated rings. The highest BCUT2D eigenvalue weighted by Crippen LogP contribution is 2.45. The fraction of sp³-hybridized carbons (Fsp3) is 0.294. The Kier molecular flexibility index (Phi) is 7.72. The normalized spacial score (nSPS) is 23.2. The largest absolute Gasteiger partial charge is 0.336 e. The molecule has 2 unspecified atom stereocenters. The van der Waals surface area contributed by atoms with Crippen molar-refractivity contribution in [2.24, 2.45) is 11.8 Å². The standard InChI is InChI=1S/C34H31Cl3N4O2/c35-28-9-4-3-8-25(28)26-18-23(19-31-27(26)20-38-34(43)41(31)32-29(36)10-5-11-30(32)37)33(42)40-14-12-39(13-15-40)24-16-21-6-1-2-7-22(21)17-24/h1-11,18-19,21-22,24H,12-17,20H2,(H,38,43). The number of fused-ring (bicyclic) bond motifs is 2. The van der Waals surface area contributed by atoms with E-state index in [-0.39, 0.29) is 18.5 Å². The van der Waals surface area contributed by atoms with Crippen LogP contribution < -0.4 is 10.2 Å². The Balaban J connectivity index is 1.22. The van der Waals surface area contributed by atoms with Crippen molar-refractivity contribution in [3.63, 3.8) is 0 Å². The first kappa shape index (κ1) is 28.5. The van der Waals surface area contributed by atoms with Crippen LogP contribution in [0.25, 0.3) is 11.1 Å². The number of allylic oxidation sites excluding steroid dienone is 4. The number of benzene rings is 3. The lowest BCUT2D eigenvalue weighted by Crippen LogP contribution is -2.51. The van der Waals surface area contributed by atoms with Crippen LogP contribution in [0.3, 0.4) is 0 Å². The van der Waals surface area contributed by atoms with Crippen molar-refractivity contribution in [2.75, 3.05) is 31.1 Å². The molecule has 3 amide bonds. The number of urea groups is 1. The molecular formula is C34H31Cl3N4O2. The van der Waals surface area contributed by atoms with Crippen molar-refractivity contribution >= 4 is 58.1 Å². The zero-order chi connectivity index (χ0) is 29.7. The molecule has 3 aromatic rings. The Morgan fingerprint density at radius 1 is 0.791 bits per heavy atom. The van der Waals surface area contributed by atoms with E-state index in [1.165, 1.54) is 17.7 Å². The molecule has 1 saturated carbocycles. The van der Waals surface area contributed by atoms with Gasteiger partial charge in [0.1, 0.15) is 0 Å². The van der Waals surface area contributed by atoms with Gasteiger partial charge in [-0.05, 0) is 60.6 Å². The maximum Gasteiger partial charge on any atom is 0.326 e. The molecule has 2 aliphatic heterocycles. The number of amides is 3. The number of halogens is 3. The van der Waals surface area contributed by atoms with Crippen LogP contribution in [0.4, 0.5) is 16.2 Å². The van der Waals surface area contributed by atoms with E-state index in [1.807, 2.05) is 35.2 Å². The lowest BCUT2D eigenvalue weighted by atomic mass is 9.92. The van der Waals surface area contributed by atoms with Crippen molar-refractivity contribution < 1.29 is 9.59 Å². The van der Waals surface area contributed by atoms with Gasteiger partial charge in [-0.1, -0.05) is 83.4 Å². The summed E-state index contributed by atoms with van der Waals surface area (Å²) in [6.45, 7) is 3.25. The Morgan fingerprint density at radius 2 is 1.44 bits per heavy atom. The van der Waals surface area contributed by atoms with Gasteiger partial charge >= 0.3 is 6.03 Å². The highest BCUT2D eigenvalue weighted by Gasteiger charge is 2.37. The molecule has 2 atom stereocenters. The Hall–Kier alpha value is -3.29. The Bertz CT molecular complexity index is 1620. The lowest BCUT2D eigenvalue weighted by molar-refractivity contribution is 0.0569. The fourth-order valence-corrected chi connectivity index (χ4v) is 7.87. The van der Waals surface area contributed by atoms with Crippen LogP contribution in [0.15, 0.2) is 78.9 Å². The zero-order valence-electron chi connectivity index (χ0n) is 23.5. The molecule has 2 aliphatic carbocycles. The van der Waals surface area contributed by atoms with E-state index in [0.717, 1.165) is 29.8 Å². The second-order valence-corrected chi connectivity index (χ2v) is 12.8. The van der Waals surface area contributed by atoms with Gasteiger partial charge in [0.25, 0.3) is 5.91 Å². The SMILES string of the molecule is O=C(c1cc(-c2ccccc2Cl)c2c(c1)N(c1c(Cl)cccc1Cl)C(=O)NC2)N1CCN(C2CC3C=CC=CC3C2)CC1. The number of rotatable bonds is 4. The van der Waals surface area contributed by atoms with Crippen molar-refractivity contribution in [1.29, 1.82) is 0 Å². The summed E-state index contributed by atoms with van der Waals surface area (Å²) >= 11 is 19.9. The lowest BCUT2D eigenvalue weighted by Gasteiger charge is -2.38. The fourth-order valence-electron chi connectivity index (χ4n) is 7.06. The summed E-state index contributed by atoms with van der Waals surface area (Å²) in [5.41, 5.74) is 3.82. The summed E-state index contributed by atoms with van der Waals surface area (Å²) in [6, 6.07) is 16.5. The molecule has 43 heavy (non-hydrogen) atoms. The molecule has 0 bridgehead atoms. The van der Waals surface area contributed by atoms with E-state index in [1.54, 1.807) is 24.3 Å². The van der Waals surface area contributed by atoms with Crippen molar-refractivity contribution in [3.8, 4) is 11.1 Å². The molecule has 7 rings (SSSR count). The smallest absolute Gasteiger partial charge is 0.326 e. The van der Waals surface area contributed by atoms with Gasteiger partial charge < -0.3 is 10.2 Å². The average Bonchev–Trinajstić information content (AvgIpc) is 3.46. The van der Waals surface area contributed by atoms with Crippen LogP contribution in [-0.2, 0) is 6.54 Å². The number of carbonyl (C=O) groups is 2. The van der Waals surface area contributed by atoms with Crippen LogP contribution in [0.2, 0.25) is 15.1 Å².